The van der Waals surface area contributed by atoms with Gasteiger partial charge in [-0.25, -0.2) is 0 Å². The Hall–Kier alpha value is -0.650. The van der Waals surface area contributed by atoms with E-state index in [1.807, 2.05) is 0 Å². The van der Waals surface area contributed by atoms with E-state index in [1.54, 1.807) is 0 Å². The molecule has 0 aromatic heterocycles. The molecule has 114 valence electrons. The molecule has 1 saturated carbocycles. The Balaban J connectivity index is 1.53. The molecule has 1 aliphatic carbocycles. The van der Waals surface area contributed by atoms with Gasteiger partial charge in [-0.15, -0.1) is 0 Å². The Bertz CT molecular complexity index is 354. The second kappa shape index (κ2) is 6.00. The lowest BCUT2D eigenvalue weighted by Crippen LogP contribution is -2.51. The standard InChI is InChI=1S/C15H25NO4/c17-14(18)11-2-1-3-12(8-11)16-13-4-6-20-15(9-13)5-7-19-10-15/h11-13,16H,1-10H2,(H,17,18). The zero-order chi connectivity index (χ0) is 14.0. The number of carboxylic acids is 1. The molecule has 20 heavy (non-hydrogen) atoms. The Kier molecular flexibility index (Phi) is 4.29. The van der Waals surface area contributed by atoms with Crippen molar-refractivity contribution in [3.63, 3.8) is 0 Å². The fraction of sp³-hybridized carbons (Fsp3) is 0.933. The lowest BCUT2D eigenvalue weighted by molar-refractivity contribution is -0.143. The first-order valence-corrected chi connectivity index (χ1v) is 7.87. The molecule has 2 heterocycles. The molecule has 1 spiro atoms. The van der Waals surface area contributed by atoms with Crippen LogP contribution in [0.3, 0.4) is 0 Å². The van der Waals surface area contributed by atoms with Crippen molar-refractivity contribution >= 4 is 5.97 Å². The molecule has 3 fully saturated rings. The highest BCUT2D eigenvalue weighted by atomic mass is 16.6. The molecule has 0 aromatic rings. The van der Waals surface area contributed by atoms with Gasteiger partial charge in [0.15, 0.2) is 0 Å². The van der Waals surface area contributed by atoms with Gasteiger partial charge in [-0.3, -0.25) is 4.79 Å². The van der Waals surface area contributed by atoms with E-state index in [4.69, 9.17) is 14.6 Å². The minimum Gasteiger partial charge on any atom is -0.481 e. The zero-order valence-electron chi connectivity index (χ0n) is 12.0. The molecule has 0 aromatic carbocycles. The first-order valence-electron chi connectivity index (χ1n) is 7.87. The molecular weight excluding hydrogens is 258 g/mol. The van der Waals surface area contributed by atoms with Crippen LogP contribution >= 0.6 is 0 Å². The van der Waals surface area contributed by atoms with Crippen LogP contribution in [0.5, 0.6) is 0 Å². The van der Waals surface area contributed by atoms with Gasteiger partial charge in [0, 0.05) is 31.7 Å². The van der Waals surface area contributed by atoms with Gasteiger partial charge < -0.3 is 19.9 Å². The molecule has 5 heteroatoms. The van der Waals surface area contributed by atoms with E-state index in [2.05, 4.69) is 5.32 Å². The number of rotatable bonds is 3. The van der Waals surface area contributed by atoms with Gasteiger partial charge in [-0.2, -0.15) is 0 Å². The molecule has 2 N–H and O–H groups in total. The summed E-state index contributed by atoms with van der Waals surface area (Å²) >= 11 is 0. The summed E-state index contributed by atoms with van der Waals surface area (Å²) in [4.78, 5) is 11.1. The van der Waals surface area contributed by atoms with Crippen molar-refractivity contribution in [1.29, 1.82) is 0 Å². The molecule has 4 atom stereocenters. The third kappa shape index (κ3) is 3.15. The predicted molar refractivity (Wildman–Crippen MR) is 73.7 cm³/mol. The molecule has 4 unspecified atom stereocenters. The third-order valence-electron chi connectivity index (χ3n) is 5.05. The fourth-order valence-corrected chi connectivity index (χ4v) is 3.93. The normalized spacial score (nSPS) is 41.9. The number of aliphatic carboxylic acids is 1. The minimum absolute atomic E-state index is 0.0726. The molecule has 2 aliphatic heterocycles. The van der Waals surface area contributed by atoms with Crippen LogP contribution in [0.4, 0.5) is 0 Å². The van der Waals surface area contributed by atoms with Crippen LogP contribution in [0, 0.1) is 5.92 Å². The van der Waals surface area contributed by atoms with Crippen LogP contribution in [0.1, 0.15) is 44.9 Å². The van der Waals surface area contributed by atoms with Crippen LogP contribution < -0.4 is 5.32 Å². The van der Waals surface area contributed by atoms with Gasteiger partial charge in [0.2, 0.25) is 0 Å². The summed E-state index contributed by atoms with van der Waals surface area (Å²) in [5, 5.41) is 12.9. The maximum absolute atomic E-state index is 11.1. The summed E-state index contributed by atoms with van der Waals surface area (Å²) in [6, 6.07) is 0.801. The Labute approximate surface area is 120 Å². The van der Waals surface area contributed by atoms with Crippen molar-refractivity contribution in [2.75, 3.05) is 19.8 Å². The maximum Gasteiger partial charge on any atom is 0.306 e. The van der Waals surface area contributed by atoms with Crippen molar-refractivity contribution < 1.29 is 19.4 Å². The first kappa shape index (κ1) is 14.3. The van der Waals surface area contributed by atoms with Crippen molar-refractivity contribution in [3.05, 3.63) is 0 Å². The van der Waals surface area contributed by atoms with E-state index in [0.29, 0.717) is 18.7 Å². The SMILES string of the molecule is O=C(O)C1CCCC(NC2CCOC3(CCOC3)C2)C1. The average molecular weight is 283 g/mol. The van der Waals surface area contributed by atoms with Crippen molar-refractivity contribution in [1.82, 2.24) is 5.32 Å². The van der Waals surface area contributed by atoms with E-state index in [0.717, 1.165) is 58.2 Å². The average Bonchev–Trinajstić information content (AvgIpc) is 2.87. The zero-order valence-corrected chi connectivity index (χ0v) is 12.0. The van der Waals surface area contributed by atoms with Crippen molar-refractivity contribution in [3.8, 4) is 0 Å². The molecule has 0 bridgehead atoms. The van der Waals surface area contributed by atoms with E-state index >= 15 is 0 Å². The number of nitrogens with one attached hydrogen (secondary N) is 1. The Morgan fingerprint density at radius 2 is 2.10 bits per heavy atom. The molecule has 0 amide bonds. The summed E-state index contributed by atoms with van der Waals surface area (Å²) in [5.74, 6) is -0.797. The Morgan fingerprint density at radius 3 is 2.85 bits per heavy atom. The molecule has 2 saturated heterocycles. The topological polar surface area (TPSA) is 67.8 Å². The number of hydrogen-bond acceptors (Lipinski definition) is 4. The van der Waals surface area contributed by atoms with Crippen LogP contribution in [0.25, 0.3) is 0 Å². The highest BCUT2D eigenvalue weighted by molar-refractivity contribution is 5.70. The third-order valence-corrected chi connectivity index (χ3v) is 5.05. The summed E-state index contributed by atoms with van der Waals surface area (Å²) in [6.45, 7) is 2.31. The quantitative estimate of drug-likeness (QED) is 0.822. The molecule has 3 aliphatic rings. The predicted octanol–water partition coefficient (Wildman–Crippen LogP) is 1.56. The van der Waals surface area contributed by atoms with Gasteiger partial charge in [-0.05, 0) is 32.1 Å². The van der Waals surface area contributed by atoms with Gasteiger partial charge in [0.1, 0.15) is 0 Å². The fourth-order valence-electron chi connectivity index (χ4n) is 3.93. The highest BCUT2D eigenvalue weighted by Gasteiger charge is 2.41. The second-order valence-corrected chi connectivity index (χ2v) is 6.59. The lowest BCUT2D eigenvalue weighted by Gasteiger charge is -2.40. The van der Waals surface area contributed by atoms with Crippen LogP contribution in [-0.4, -0.2) is 48.6 Å². The van der Waals surface area contributed by atoms with E-state index in [9.17, 15) is 4.79 Å². The summed E-state index contributed by atoms with van der Waals surface area (Å²) < 4.78 is 11.4. The van der Waals surface area contributed by atoms with Crippen LogP contribution in [0.15, 0.2) is 0 Å². The highest BCUT2D eigenvalue weighted by Crippen LogP contribution is 2.34. The van der Waals surface area contributed by atoms with E-state index in [1.165, 1.54) is 0 Å². The summed E-state index contributed by atoms with van der Waals surface area (Å²) in [6.07, 6.45) is 6.75. The maximum atomic E-state index is 11.1. The molecule has 0 radical (unpaired) electrons. The largest absolute Gasteiger partial charge is 0.481 e. The van der Waals surface area contributed by atoms with Gasteiger partial charge in [0.05, 0.1) is 18.1 Å². The Morgan fingerprint density at radius 1 is 1.20 bits per heavy atom. The first-order chi connectivity index (χ1) is 9.67. The van der Waals surface area contributed by atoms with Gasteiger partial charge >= 0.3 is 5.97 Å². The summed E-state index contributed by atoms with van der Waals surface area (Å²) in [5.41, 5.74) is -0.0726. The van der Waals surface area contributed by atoms with Crippen molar-refractivity contribution in [2.24, 2.45) is 5.92 Å². The number of carbonyl (C=O) groups is 1. The van der Waals surface area contributed by atoms with Crippen LogP contribution in [0.2, 0.25) is 0 Å². The van der Waals surface area contributed by atoms with E-state index in [-0.39, 0.29) is 11.5 Å². The number of ether oxygens (including phenoxy) is 2. The van der Waals surface area contributed by atoms with Gasteiger partial charge in [0.25, 0.3) is 0 Å². The smallest absolute Gasteiger partial charge is 0.306 e. The minimum atomic E-state index is -0.635. The second-order valence-electron chi connectivity index (χ2n) is 6.59. The lowest BCUT2D eigenvalue weighted by atomic mass is 9.84. The molecular formula is C15H25NO4. The number of carboxylic acid groups (broad SMARTS) is 1. The molecule has 5 nitrogen and oxygen atoms in total. The van der Waals surface area contributed by atoms with Gasteiger partial charge in [-0.1, -0.05) is 6.42 Å². The van der Waals surface area contributed by atoms with Crippen molar-refractivity contribution in [2.45, 2.75) is 62.6 Å². The molecule has 3 rings (SSSR count). The monoisotopic (exact) mass is 283 g/mol. The summed E-state index contributed by atoms with van der Waals surface area (Å²) in [7, 11) is 0. The van der Waals surface area contributed by atoms with E-state index < -0.39 is 5.97 Å². The van der Waals surface area contributed by atoms with Crippen LogP contribution in [-0.2, 0) is 14.3 Å². The number of hydrogen-bond donors (Lipinski definition) is 2.